The van der Waals surface area contributed by atoms with E-state index in [-0.39, 0.29) is 11.5 Å². The molecule has 0 unspecified atom stereocenters. The Labute approximate surface area is 126 Å². The summed E-state index contributed by atoms with van der Waals surface area (Å²) < 4.78 is 0.994. The maximum atomic E-state index is 12.2. The van der Waals surface area contributed by atoms with Crippen LogP contribution < -0.4 is 0 Å². The number of carbonyl (C=O) groups is 1. The van der Waals surface area contributed by atoms with Crippen LogP contribution in [0.3, 0.4) is 0 Å². The Morgan fingerprint density at radius 1 is 1.15 bits per heavy atom. The van der Waals surface area contributed by atoms with Crippen molar-refractivity contribution in [2.75, 3.05) is 0 Å². The van der Waals surface area contributed by atoms with Gasteiger partial charge in [0.1, 0.15) is 5.75 Å². The summed E-state index contributed by atoms with van der Waals surface area (Å²) in [5.74, 6) is -0.157. The molecule has 2 rings (SSSR count). The lowest BCUT2D eigenvalue weighted by atomic mass is 10.00. The molecule has 0 amide bonds. The molecule has 0 bridgehead atoms. The summed E-state index contributed by atoms with van der Waals surface area (Å²) in [5.41, 5.74) is 3.02. The average Bonchev–Trinajstić information content (AvgIpc) is 2.37. The summed E-state index contributed by atoms with van der Waals surface area (Å²) in [7, 11) is 0. The van der Waals surface area contributed by atoms with Crippen LogP contribution in [0.4, 0.5) is 0 Å². The third-order valence-electron chi connectivity index (χ3n) is 3.00. The number of aromatic hydroxyl groups is 1. The zero-order valence-corrected chi connectivity index (χ0v) is 12.9. The van der Waals surface area contributed by atoms with Crippen molar-refractivity contribution >= 4 is 27.8 Å². The Balaban J connectivity index is 2.26. The number of allylic oxidation sites excluding steroid dienone is 1. The van der Waals surface area contributed by atoms with E-state index in [1.165, 1.54) is 6.08 Å². The van der Waals surface area contributed by atoms with Gasteiger partial charge in [0, 0.05) is 4.47 Å². The summed E-state index contributed by atoms with van der Waals surface area (Å²) in [6.07, 6.45) is 3.23. The summed E-state index contributed by atoms with van der Waals surface area (Å²) in [5, 5.41) is 9.92. The Morgan fingerprint density at radius 2 is 1.80 bits per heavy atom. The van der Waals surface area contributed by atoms with Crippen LogP contribution in [0.5, 0.6) is 5.75 Å². The van der Waals surface area contributed by atoms with Gasteiger partial charge in [-0.2, -0.15) is 0 Å². The first-order valence-electron chi connectivity index (χ1n) is 6.25. The van der Waals surface area contributed by atoms with Crippen LogP contribution in [0.1, 0.15) is 27.0 Å². The molecule has 3 heteroatoms. The maximum Gasteiger partial charge on any atom is 0.189 e. The smallest absolute Gasteiger partial charge is 0.189 e. The van der Waals surface area contributed by atoms with Gasteiger partial charge in [0.25, 0.3) is 0 Å². The van der Waals surface area contributed by atoms with E-state index in [1.54, 1.807) is 12.1 Å². The molecule has 0 radical (unpaired) electrons. The van der Waals surface area contributed by atoms with Gasteiger partial charge < -0.3 is 5.11 Å². The number of rotatable bonds is 3. The highest BCUT2D eigenvalue weighted by Gasteiger charge is 2.12. The highest BCUT2D eigenvalue weighted by molar-refractivity contribution is 9.10. The fourth-order valence-electron chi connectivity index (χ4n) is 2.09. The number of hydrogen-bond acceptors (Lipinski definition) is 2. The molecule has 0 fully saturated rings. The standard InChI is InChI=1S/C17H15BrO2/c1-11-9-12(2)17(16(20)10-11)15(19)8-5-13-3-6-14(18)7-4-13/h3-10,20H,1-2H3/b8-5+. The monoisotopic (exact) mass is 330 g/mol. The lowest BCUT2D eigenvalue weighted by molar-refractivity contribution is 0.104. The van der Waals surface area contributed by atoms with Crippen LogP contribution in [-0.2, 0) is 0 Å². The number of aryl methyl sites for hydroxylation is 2. The third-order valence-corrected chi connectivity index (χ3v) is 3.53. The minimum Gasteiger partial charge on any atom is -0.507 e. The van der Waals surface area contributed by atoms with Gasteiger partial charge in [-0.05, 0) is 54.8 Å². The minimum atomic E-state index is -0.192. The van der Waals surface area contributed by atoms with Gasteiger partial charge in [-0.1, -0.05) is 40.2 Å². The van der Waals surface area contributed by atoms with Gasteiger partial charge in [0.05, 0.1) is 5.56 Å². The van der Waals surface area contributed by atoms with Crippen molar-refractivity contribution in [2.24, 2.45) is 0 Å². The van der Waals surface area contributed by atoms with Crippen molar-refractivity contribution in [3.8, 4) is 5.75 Å². The number of ketones is 1. The number of halogens is 1. The van der Waals surface area contributed by atoms with E-state index in [1.807, 2.05) is 44.2 Å². The SMILES string of the molecule is Cc1cc(C)c(C(=O)/C=C/c2ccc(Br)cc2)c(O)c1. The van der Waals surface area contributed by atoms with Crippen LogP contribution in [0.2, 0.25) is 0 Å². The lowest BCUT2D eigenvalue weighted by Gasteiger charge is -2.06. The summed E-state index contributed by atoms with van der Waals surface area (Å²) in [4.78, 5) is 12.2. The first-order chi connectivity index (χ1) is 9.47. The molecule has 2 aromatic carbocycles. The second-order valence-corrected chi connectivity index (χ2v) is 5.64. The highest BCUT2D eigenvalue weighted by Crippen LogP contribution is 2.24. The van der Waals surface area contributed by atoms with E-state index < -0.39 is 0 Å². The zero-order chi connectivity index (χ0) is 14.7. The van der Waals surface area contributed by atoms with Crippen LogP contribution in [0.25, 0.3) is 6.08 Å². The molecular formula is C17H15BrO2. The second-order valence-electron chi connectivity index (χ2n) is 4.73. The Hall–Kier alpha value is -1.87. The van der Waals surface area contributed by atoms with Crippen LogP contribution in [-0.4, -0.2) is 10.9 Å². The van der Waals surface area contributed by atoms with Crippen molar-refractivity contribution in [3.05, 3.63) is 69.2 Å². The molecule has 0 aliphatic carbocycles. The Bertz CT molecular complexity index is 647. The first kappa shape index (κ1) is 14.5. The maximum absolute atomic E-state index is 12.2. The van der Waals surface area contributed by atoms with Gasteiger partial charge in [-0.3, -0.25) is 4.79 Å². The number of phenols is 1. The number of carbonyl (C=O) groups excluding carboxylic acids is 1. The lowest BCUT2D eigenvalue weighted by Crippen LogP contribution is -1.99. The molecule has 0 heterocycles. The van der Waals surface area contributed by atoms with Gasteiger partial charge in [-0.15, -0.1) is 0 Å². The van der Waals surface area contributed by atoms with E-state index in [2.05, 4.69) is 15.9 Å². The highest BCUT2D eigenvalue weighted by atomic mass is 79.9. The van der Waals surface area contributed by atoms with Gasteiger partial charge in [0.2, 0.25) is 0 Å². The molecule has 0 saturated carbocycles. The van der Waals surface area contributed by atoms with Crippen molar-refractivity contribution in [1.29, 1.82) is 0 Å². The molecule has 0 saturated heterocycles. The third kappa shape index (κ3) is 3.36. The predicted molar refractivity (Wildman–Crippen MR) is 85.1 cm³/mol. The van der Waals surface area contributed by atoms with Crippen LogP contribution >= 0.6 is 15.9 Å². The van der Waals surface area contributed by atoms with Crippen molar-refractivity contribution < 1.29 is 9.90 Å². The van der Waals surface area contributed by atoms with Crippen LogP contribution in [0.15, 0.2) is 46.9 Å². The van der Waals surface area contributed by atoms with E-state index in [0.29, 0.717) is 5.56 Å². The van der Waals surface area contributed by atoms with E-state index in [0.717, 1.165) is 21.2 Å². The Morgan fingerprint density at radius 3 is 2.40 bits per heavy atom. The summed E-state index contributed by atoms with van der Waals surface area (Å²) >= 11 is 3.36. The molecule has 0 aliphatic heterocycles. The average molecular weight is 331 g/mol. The first-order valence-corrected chi connectivity index (χ1v) is 7.05. The molecule has 2 nitrogen and oxygen atoms in total. The molecule has 0 aliphatic rings. The molecule has 0 aromatic heterocycles. The van der Waals surface area contributed by atoms with Gasteiger partial charge >= 0.3 is 0 Å². The quantitative estimate of drug-likeness (QED) is 0.656. The summed E-state index contributed by atoms with van der Waals surface area (Å²) in [6, 6.07) is 11.1. The molecule has 102 valence electrons. The largest absolute Gasteiger partial charge is 0.507 e. The van der Waals surface area contributed by atoms with E-state index >= 15 is 0 Å². The second kappa shape index (κ2) is 6.06. The number of hydrogen-bond donors (Lipinski definition) is 1. The molecule has 1 N–H and O–H groups in total. The van der Waals surface area contributed by atoms with Gasteiger partial charge in [0.15, 0.2) is 5.78 Å². The Kier molecular flexibility index (Phi) is 4.40. The zero-order valence-electron chi connectivity index (χ0n) is 11.4. The van der Waals surface area contributed by atoms with Crippen molar-refractivity contribution in [1.82, 2.24) is 0 Å². The minimum absolute atomic E-state index is 0.0351. The molecular weight excluding hydrogens is 316 g/mol. The van der Waals surface area contributed by atoms with Crippen LogP contribution in [0, 0.1) is 13.8 Å². The normalized spacial score (nSPS) is 10.9. The molecule has 20 heavy (non-hydrogen) atoms. The summed E-state index contributed by atoms with van der Waals surface area (Å²) in [6.45, 7) is 3.71. The predicted octanol–water partition coefficient (Wildman–Crippen LogP) is 4.67. The van der Waals surface area contributed by atoms with Gasteiger partial charge in [-0.25, -0.2) is 0 Å². The number of benzene rings is 2. The van der Waals surface area contributed by atoms with E-state index in [9.17, 15) is 9.90 Å². The fourth-order valence-corrected chi connectivity index (χ4v) is 2.36. The number of phenolic OH excluding ortho intramolecular Hbond substituents is 1. The topological polar surface area (TPSA) is 37.3 Å². The molecule has 0 spiro atoms. The van der Waals surface area contributed by atoms with Crippen molar-refractivity contribution in [3.63, 3.8) is 0 Å². The fraction of sp³-hybridized carbons (Fsp3) is 0.118. The molecule has 2 aromatic rings. The van der Waals surface area contributed by atoms with E-state index in [4.69, 9.17) is 0 Å². The van der Waals surface area contributed by atoms with Crippen molar-refractivity contribution in [2.45, 2.75) is 13.8 Å². The molecule has 0 atom stereocenters.